The first-order chi connectivity index (χ1) is 13.4. The highest BCUT2D eigenvalue weighted by Gasteiger charge is 2.15. The number of rotatable bonds is 13. The van der Waals surface area contributed by atoms with Crippen LogP contribution in [0, 0.1) is 0 Å². The van der Waals surface area contributed by atoms with Gasteiger partial charge in [-0.2, -0.15) is 0 Å². The highest BCUT2D eigenvalue weighted by atomic mass is 16.5. The number of benzene rings is 1. The normalized spacial score (nSPS) is 11.2. The van der Waals surface area contributed by atoms with Crippen LogP contribution in [0.25, 0.3) is 10.4 Å². The summed E-state index contributed by atoms with van der Waals surface area (Å²) in [5, 5.41) is 6.18. The summed E-state index contributed by atoms with van der Waals surface area (Å²) in [5.41, 5.74) is 19.6. The average Bonchev–Trinajstić information content (AvgIpc) is 2.67. The minimum Gasteiger partial charge on any atom is -0.493 e. The molecule has 0 aliphatic rings. The molecule has 152 valence electrons. The van der Waals surface area contributed by atoms with E-state index in [1.807, 2.05) is 0 Å². The topological polar surface area (TPSA) is 173 Å². The van der Waals surface area contributed by atoms with E-state index in [-0.39, 0.29) is 30.4 Å². The van der Waals surface area contributed by atoms with E-state index in [4.69, 9.17) is 21.7 Å². The average molecular weight is 390 g/mol. The largest absolute Gasteiger partial charge is 0.493 e. The van der Waals surface area contributed by atoms with Crippen molar-refractivity contribution in [2.24, 2.45) is 16.6 Å². The van der Waals surface area contributed by atoms with Crippen LogP contribution in [-0.4, -0.2) is 43.3 Å². The number of azide groups is 1. The van der Waals surface area contributed by atoms with Gasteiger partial charge in [0.2, 0.25) is 5.91 Å². The number of nitrogens with two attached hydrogens (primary N) is 2. The third-order valence-corrected chi connectivity index (χ3v) is 3.95. The molecule has 10 nitrogen and oxygen atoms in total. The molecular weight excluding hydrogens is 364 g/mol. The van der Waals surface area contributed by atoms with Gasteiger partial charge in [0.1, 0.15) is 5.75 Å². The number of nitrogens with one attached hydrogen (secondary N) is 1. The molecule has 10 heteroatoms. The molecule has 1 atom stereocenters. The molecule has 0 aromatic heterocycles. The van der Waals surface area contributed by atoms with Crippen molar-refractivity contribution >= 4 is 17.6 Å². The zero-order valence-electron chi connectivity index (χ0n) is 15.9. The molecule has 0 heterocycles. The predicted octanol–water partition coefficient (Wildman–Crippen LogP) is 1.68. The monoisotopic (exact) mass is 390 g/mol. The summed E-state index contributed by atoms with van der Waals surface area (Å²) in [7, 11) is 0. The zero-order chi connectivity index (χ0) is 20.9. The van der Waals surface area contributed by atoms with E-state index >= 15 is 0 Å². The Labute approximate surface area is 163 Å². The number of Topliss-reactive ketones (excluding diaryl/α,β-unsaturated/α-hetero) is 1. The molecule has 0 aliphatic heterocycles. The number of hydrogen-bond donors (Lipinski definition) is 3. The summed E-state index contributed by atoms with van der Waals surface area (Å²) < 4.78 is 5.60. The summed E-state index contributed by atoms with van der Waals surface area (Å²) in [6.07, 6.45) is 2.21. The summed E-state index contributed by atoms with van der Waals surface area (Å²) >= 11 is 0. The maximum Gasteiger partial charge on any atom is 0.255 e. The van der Waals surface area contributed by atoms with E-state index in [9.17, 15) is 14.4 Å². The Balaban J connectivity index is 2.66. The van der Waals surface area contributed by atoms with E-state index in [0.717, 1.165) is 0 Å². The second-order valence-corrected chi connectivity index (χ2v) is 6.18. The highest BCUT2D eigenvalue weighted by molar-refractivity contribution is 6.01. The highest BCUT2D eigenvalue weighted by Crippen LogP contribution is 2.21. The number of nitrogens with zero attached hydrogens (tertiary/aromatic N) is 3. The third kappa shape index (κ3) is 8.07. The Morgan fingerprint density at radius 3 is 2.68 bits per heavy atom. The minimum atomic E-state index is -0.687. The van der Waals surface area contributed by atoms with Crippen molar-refractivity contribution in [3.05, 3.63) is 39.8 Å². The number of primary amides is 1. The van der Waals surface area contributed by atoms with E-state index in [0.29, 0.717) is 43.5 Å². The molecule has 0 saturated heterocycles. The van der Waals surface area contributed by atoms with Gasteiger partial charge in [-0.1, -0.05) is 5.11 Å². The van der Waals surface area contributed by atoms with Gasteiger partial charge in [-0.25, -0.2) is 0 Å². The molecule has 1 aromatic rings. The number of amides is 2. The van der Waals surface area contributed by atoms with Crippen LogP contribution in [0.15, 0.2) is 23.3 Å². The zero-order valence-corrected chi connectivity index (χ0v) is 15.9. The van der Waals surface area contributed by atoms with E-state index in [1.165, 1.54) is 13.0 Å². The predicted molar refractivity (Wildman–Crippen MR) is 104 cm³/mol. The first-order valence-corrected chi connectivity index (χ1v) is 8.98. The van der Waals surface area contributed by atoms with Crippen LogP contribution in [0.1, 0.15) is 53.3 Å². The van der Waals surface area contributed by atoms with Gasteiger partial charge in [-0.15, -0.1) is 0 Å². The Morgan fingerprint density at radius 1 is 1.29 bits per heavy atom. The van der Waals surface area contributed by atoms with Crippen molar-refractivity contribution in [3.8, 4) is 5.75 Å². The third-order valence-electron chi connectivity index (χ3n) is 3.95. The lowest BCUT2D eigenvalue weighted by molar-refractivity contribution is -0.119. The van der Waals surface area contributed by atoms with Crippen LogP contribution in [0.4, 0.5) is 0 Å². The molecule has 5 N–H and O–H groups in total. The second-order valence-electron chi connectivity index (χ2n) is 6.18. The molecule has 0 aliphatic carbocycles. The Hall–Kier alpha value is -3.10. The summed E-state index contributed by atoms with van der Waals surface area (Å²) in [6, 6.07) is 3.97. The number of hydrogen-bond acceptors (Lipinski definition) is 6. The smallest absolute Gasteiger partial charge is 0.255 e. The van der Waals surface area contributed by atoms with Crippen LogP contribution in [-0.2, 0) is 4.79 Å². The van der Waals surface area contributed by atoms with Gasteiger partial charge in [0.25, 0.3) is 5.91 Å². The summed E-state index contributed by atoms with van der Waals surface area (Å²) in [4.78, 5) is 37.7. The quantitative estimate of drug-likeness (QED) is 0.152. The first kappa shape index (κ1) is 22.9. The van der Waals surface area contributed by atoms with Gasteiger partial charge in [-0.05, 0) is 56.3 Å². The molecule has 0 saturated carbocycles. The van der Waals surface area contributed by atoms with Crippen molar-refractivity contribution < 1.29 is 19.1 Å². The SMILES string of the molecule is CC(=O)c1ccc(OCCCN=[N+]=[N-])c(C(=O)NCCCCC(N)C(N)=O)c1. The molecule has 0 radical (unpaired) electrons. The van der Waals surface area contributed by atoms with Crippen LogP contribution >= 0.6 is 0 Å². The van der Waals surface area contributed by atoms with Gasteiger partial charge in [-0.3, -0.25) is 14.4 Å². The van der Waals surface area contributed by atoms with Crippen molar-refractivity contribution in [2.75, 3.05) is 19.7 Å². The standard InChI is InChI=1S/C18H26N6O4/c1-12(25)13-6-7-16(28-10-4-9-23-24-21)14(11-13)18(27)22-8-3-2-5-15(19)17(20)26/h6-7,11,15H,2-5,8-10,19H2,1H3,(H2,20,26)(H,22,27). The van der Waals surface area contributed by atoms with Gasteiger partial charge < -0.3 is 21.5 Å². The Bertz CT molecular complexity index is 746. The van der Waals surface area contributed by atoms with Crippen LogP contribution in [0.3, 0.4) is 0 Å². The second kappa shape index (κ2) is 12.3. The number of carbonyl (C=O) groups is 3. The lowest BCUT2D eigenvalue weighted by atomic mass is 10.1. The van der Waals surface area contributed by atoms with Gasteiger partial charge >= 0.3 is 0 Å². The maximum atomic E-state index is 12.5. The van der Waals surface area contributed by atoms with Crippen molar-refractivity contribution in [1.82, 2.24) is 5.32 Å². The van der Waals surface area contributed by atoms with Crippen LogP contribution in [0.5, 0.6) is 5.75 Å². The number of ketones is 1. The van der Waals surface area contributed by atoms with Crippen molar-refractivity contribution in [1.29, 1.82) is 0 Å². The summed E-state index contributed by atoms with van der Waals surface area (Å²) in [6.45, 7) is 2.35. The van der Waals surface area contributed by atoms with Crippen molar-refractivity contribution in [3.63, 3.8) is 0 Å². The van der Waals surface area contributed by atoms with Gasteiger partial charge in [0.05, 0.1) is 18.2 Å². The Kier molecular flexibility index (Phi) is 10.1. The molecule has 2 amide bonds. The minimum absolute atomic E-state index is 0.163. The fraction of sp³-hybridized carbons (Fsp3) is 0.500. The van der Waals surface area contributed by atoms with Crippen LogP contribution in [0.2, 0.25) is 0 Å². The number of unbranched alkanes of at least 4 members (excludes halogenated alkanes) is 1. The van der Waals surface area contributed by atoms with E-state index < -0.39 is 11.9 Å². The number of carbonyl (C=O) groups excluding carboxylic acids is 3. The van der Waals surface area contributed by atoms with Crippen LogP contribution < -0.4 is 21.5 Å². The lowest BCUT2D eigenvalue weighted by Crippen LogP contribution is -2.36. The molecule has 0 spiro atoms. The van der Waals surface area contributed by atoms with E-state index in [2.05, 4.69) is 15.3 Å². The molecule has 28 heavy (non-hydrogen) atoms. The van der Waals surface area contributed by atoms with Crippen molar-refractivity contribution in [2.45, 2.75) is 38.6 Å². The molecule has 0 fully saturated rings. The molecule has 1 unspecified atom stereocenters. The fourth-order valence-corrected chi connectivity index (χ4v) is 2.34. The first-order valence-electron chi connectivity index (χ1n) is 8.98. The molecule has 0 bridgehead atoms. The summed E-state index contributed by atoms with van der Waals surface area (Å²) in [5.74, 6) is -0.733. The van der Waals surface area contributed by atoms with Gasteiger partial charge in [0, 0.05) is 23.6 Å². The van der Waals surface area contributed by atoms with E-state index in [1.54, 1.807) is 12.1 Å². The Morgan fingerprint density at radius 2 is 2.04 bits per heavy atom. The lowest BCUT2D eigenvalue weighted by Gasteiger charge is -2.13. The van der Waals surface area contributed by atoms with Gasteiger partial charge in [0.15, 0.2) is 5.78 Å². The molecule has 1 aromatic carbocycles. The number of ether oxygens (including phenoxy) is 1. The fourth-order valence-electron chi connectivity index (χ4n) is 2.34. The molecular formula is C18H26N6O4. The maximum absolute atomic E-state index is 12.5. The molecule has 1 rings (SSSR count).